The highest BCUT2D eigenvalue weighted by atomic mass is 79.9. The Morgan fingerprint density at radius 2 is 1.76 bits per heavy atom. The Labute approximate surface area is 113 Å². The Morgan fingerprint density at radius 1 is 1.00 bits per heavy atom. The molecule has 0 aliphatic heterocycles. The van der Waals surface area contributed by atoms with E-state index in [0.717, 1.165) is 26.5 Å². The summed E-state index contributed by atoms with van der Waals surface area (Å²) in [5, 5.41) is 3.49. The van der Waals surface area contributed by atoms with Crippen molar-refractivity contribution >= 4 is 49.2 Å². The first-order valence-electron chi connectivity index (χ1n) is 5.32. The monoisotopic (exact) mass is 305 g/mol. The highest BCUT2D eigenvalue weighted by Gasteiger charge is 2.07. The number of nitrogens with zero attached hydrogens (tertiary/aromatic N) is 1. The van der Waals surface area contributed by atoms with E-state index in [1.807, 2.05) is 24.3 Å². The number of benzene rings is 2. The number of pyridine rings is 1. The summed E-state index contributed by atoms with van der Waals surface area (Å²) >= 11 is 9.47. The molecule has 0 atom stereocenters. The van der Waals surface area contributed by atoms with Crippen LogP contribution in [0, 0.1) is 0 Å². The van der Waals surface area contributed by atoms with Gasteiger partial charge in [-0.25, -0.2) is 0 Å². The van der Waals surface area contributed by atoms with Gasteiger partial charge < -0.3 is 0 Å². The van der Waals surface area contributed by atoms with Crippen molar-refractivity contribution in [2.24, 2.45) is 0 Å². The Bertz CT molecular complexity index is 709. The molecular formula is C14H9BrClN. The molecule has 0 radical (unpaired) electrons. The van der Waals surface area contributed by atoms with Crippen LogP contribution in [0.2, 0.25) is 0 Å². The summed E-state index contributed by atoms with van der Waals surface area (Å²) < 4.78 is 1.07. The van der Waals surface area contributed by atoms with Gasteiger partial charge in [0.05, 0.1) is 17.1 Å². The summed E-state index contributed by atoms with van der Waals surface area (Å²) in [6.45, 7) is 0. The van der Waals surface area contributed by atoms with E-state index < -0.39 is 0 Å². The molecule has 3 aromatic rings. The zero-order valence-corrected chi connectivity index (χ0v) is 11.3. The van der Waals surface area contributed by atoms with Crippen molar-refractivity contribution in [1.82, 2.24) is 4.98 Å². The van der Waals surface area contributed by atoms with Crippen molar-refractivity contribution in [3.05, 3.63) is 52.6 Å². The lowest BCUT2D eigenvalue weighted by Gasteiger charge is -2.07. The Kier molecular flexibility index (Phi) is 2.77. The molecule has 0 aliphatic carbocycles. The van der Waals surface area contributed by atoms with Crippen LogP contribution in [0.5, 0.6) is 0 Å². The fraction of sp³-hybridized carbons (Fsp3) is 0.0714. The first-order valence-corrected chi connectivity index (χ1v) is 6.65. The third-order valence-electron chi connectivity index (χ3n) is 2.87. The molecule has 3 rings (SSSR count). The predicted molar refractivity (Wildman–Crippen MR) is 76.5 cm³/mol. The van der Waals surface area contributed by atoms with Crippen molar-refractivity contribution in [1.29, 1.82) is 0 Å². The summed E-state index contributed by atoms with van der Waals surface area (Å²) in [4.78, 5) is 4.61. The van der Waals surface area contributed by atoms with Crippen LogP contribution in [0.4, 0.5) is 0 Å². The molecule has 0 saturated heterocycles. The van der Waals surface area contributed by atoms with Crippen molar-refractivity contribution in [3.8, 4) is 0 Å². The summed E-state index contributed by atoms with van der Waals surface area (Å²) in [6.07, 6.45) is 0. The average Bonchev–Trinajstić information content (AvgIpc) is 2.38. The second-order valence-electron chi connectivity index (χ2n) is 3.90. The highest BCUT2D eigenvalue weighted by molar-refractivity contribution is 9.10. The lowest BCUT2D eigenvalue weighted by atomic mass is 10.0. The number of fused-ring (bicyclic) bond motifs is 3. The minimum absolute atomic E-state index is 0.437. The largest absolute Gasteiger partial charge is 0.251 e. The molecule has 1 aromatic heterocycles. The lowest BCUT2D eigenvalue weighted by Crippen LogP contribution is -1.90. The summed E-state index contributed by atoms with van der Waals surface area (Å²) in [5.74, 6) is 0.437. The van der Waals surface area contributed by atoms with Crippen molar-refractivity contribution in [2.45, 2.75) is 5.88 Å². The van der Waals surface area contributed by atoms with Crippen LogP contribution in [0.15, 0.2) is 46.9 Å². The van der Waals surface area contributed by atoms with E-state index in [0.29, 0.717) is 5.88 Å². The van der Waals surface area contributed by atoms with Gasteiger partial charge in [0, 0.05) is 15.2 Å². The zero-order chi connectivity index (χ0) is 11.8. The van der Waals surface area contributed by atoms with E-state index in [-0.39, 0.29) is 0 Å². The molecule has 0 aliphatic rings. The van der Waals surface area contributed by atoms with Crippen LogP contribution < -0.4 is 0 Å². The number of hydrogen-bond acceptors (Lipinski definition) is 1. The van der Waals surface area contributed by atoms with Gasteiger partial charge in [0.1, 0.15) is 0 Å². The number of hydrogen-bond donors (Lipinski definition) is 0. The number of alkyl halides is 1. The molecule has 0 saturated carbocycles. The third-order valence-corrected chi connectivity index (χ3v) is 3.62. The minimum Gasteiger partial charge on any atom is -0.251 e. The lowest BCUT2D eigenvalue weighted by molar-refractivity contribution is 1.25. The maximum atomic E-state index is 5.97. The minimum atomic E-state index is 0.437. The van der Waals surface area contributed by atoms with Gasteiger partial charge in [-0.2, -0.15) is 0 Å². The summed E-state index contributed by atoms with van der Waals surface area (Å²) in [5.41, 5.74) is 1.93. The van der Waals surface area contributed by atoms with Crippen LogP contribution >= 0.6 is 27.5 Å². The van der Waals surface area contributed by atoms with Crippen LogP contribution in [-0.2, 0) is 5.88 Å². The molecule has 2 aromatic carbocycles. The molecule has 1 nitrogen and oxygen atoms in total. The van der Waals surface area contributed by atoms with Crippen LogP contribution in [0.1, 0.15) is 5.69 Å². The maximum absolute atomic E-state index is 5.97. The van der Waals surface area contributed by atoms with Gasteiger partial charge in [0.15, 0.2) is 0 Å². The molecule has 0 amide bonds. The van der Waals surface area contributed by atoms with Gasteiger partial charge in [-0.05, 0) is 23.6 Å². The van der Waals surface area contributed by atoms with Gasteiger partial charge in [-0.15, -0.1) is 11.6 Å². The second-order valence-corrected chi connectivity index (χ2v) is 5.08. The van der Waals surface area contributed by atoms with E-state index in [4.69, 9.17) is 11.6 Å². The normalized spacial score (nSPS) is 11.2. The molecule has 0 spiro atoms. The van der Waals surface area contributed by atoms with Crippen LogP contribution in [0.25, 0.3) is 21.7 Å². The van der Waals surface area contributed by atoms with Gasteiger partial charge in [0.2, 0.25) is 0 Å². The Balaban J connectivity index is 2.55. The van der Waals surface area contributed by atoms with E-state index in [1.54, 1.807) is 0 Å². The Morgan fingerprint density at radius 3 is 2.53 bits per heavy atom. The van der Waals surface area contributed by atoms with Crippen LogP contribution in [0.3, 0.4) is 0 Å². The molecule has 17 heavy (non-hydrogen) atoms. The van der Waals surface area contributed by atoms with E-state index in [2.05, 4.69) is 39.1 Å². The van der Waals surface area contributed by atoms with Gasteiger partial charge in [-0.1, -0.05) is 40.2 Å². The molecule has 0 bridgehead atoms. The molecule has 84 valence electrons. The number of aromatic nitrogens is 1. The van der Waals surface area contributed by atoms with Crippen LogP contribution in [-0.4, -0.2) is 4.98 Å². The number of rotatable bonds is 1. The van der Waals surface area contributed by atoms with E-state index in [1.165, 1.54) is 5.39 Å². The average molecular weight is 307 g/mol. The smallest absolute Gasteiger partial charge is 0.0713 e. The van der Waals surface area contributed by atoms with Crippen molar-refractivity contribution in [2.75, 3.05) is 0 Å². The van der Waals surface area contributed by atoms with Crippen molar-refractivity contribution < 1.29 is 0 Å². The summed E-state index contributed by atoms with van der Waals surface area (Å²) in [6, 6.07) is 14.4. The second kappa shape index (κ2) is 4.28. The quantitative estimate of drug-likeness (QED) is 0.461. The molecule has 3 heteroatoms. The fourth-order valence-corrected chi connectivity index (χ4v) is 2.66. The predicted octanol–water partition coefficient (Wildman–Crippen LogP) is 4.89. The highest BCUT2D eigenvalue weighted by Crippen LogP contribution is 2.29. The SMILES string of the molecule is ClCc1nc2ccc(Br)cc2c2ccccc12. The molecular weight excluding hydrogens is 298 g/mol. The van der Waals surface area contributed by atoms with Gasteiger partial charge >= 0.3 is 0 Å². The first-order chi connectivity index (χ1) is 8.29. The third kappa shape index (κ3) is 1.81. The molecule has 1 heterocycles. The fourth-order valence-electron chi connectivity index (χ4n) is 2.10. The maximum Gasteiger partial charge on any atom is 0.0713 e. The molecule has 0 fully saturated rings. The molecule has 0 N–H and O–H groups in total. The van der Waals surface area contributed by atoms with E-state index >= 15 is 0 Å². The van der Waals surface area contributed by atoms with Crippen molar-refractivity contribution in [3.63, 3.8) is 0 Å². The Hall–Kier alpha value is -1.12. The standard InChI is InChI=1S/C14H9BrClN/c15-9-5-6-13-12(7-9)10-3-1-2-4-11(10)14(8-16)17-13/h1-7H,8H2. The van der Waals surface area contributed by atoms with Gasteiger partial charge in [0.25, 0.3) is 0 Å². The zero-order valence-electron chi connectivity index (χ0n) is 8.95. The topological polar surface area (TPSA) is 12.9 Å². The number of halogens is 2. The van der Waals surface area contributed by atoms with E-state index in [9.17, 15) is 0 Å². The summed E-state index contributed by atoms with van der Waals surface area (Å²) in [7, 11) is 0. The molecule has 0 unspecified atom stereocenters. The first kappa shape index (κ1) is 11.0. The van der Waals surface area contributed by atoms with Gasteiger partial charge in [-0.3, -0.25) is 4.98 Å².